The fraction of sp³-hybridized carbons (Fsp3) is 0.200. The predicted molar refractivity (Wildman–Crippen MR) is 97.9 cm³/mol. The summed E-state index contributed by atoms with van der Waals surface area (Å²) in [6.45, 7) is 6.27. The highest BCUT2D eigenvalue weighted by molar-refractivity contribution is 8.02. The second-order valence-corrected chi connectivity index (χ2v) is 7.17. The van der Waals surface area contributed by atoms with Gasteiger partial charge in [0.05, 0.1) is 11.5 Å². The zero-order valence-corrected chi connectivity index (χ0v) is 14.7. The van der Waals surface area contributed by atoms with Crippen molar-refractivity contribution in [3.63, 3.8) is 0 Å². The minimum atomic E-state index is -0.345. The summed E-state index contributed by atoms with van der Waals surface area (Å²) in [5.74, 6) is 0.706. The Bertz CT molecular complexity index is 948. The lowest BCUT2D eigenvalue weighted by atomic mass is 9.84. The summed E-state index contributed by atoms with van der Waals surface area (Å²) in [7, 11) is 0. The van der Waals surface area contributed by atoms with Gasteiger partial charge >= 0.3 is 0 Å². The molecule has 3 rings (SSSR count). The summed E-state index contributed by atoms with van der Waals surface area (Å²) in [5.41, 5.74) is 3.65. The Kier molecular flexibility index (Phi) is 4.46. The van der Waals surface area contributed by atoms with E-state index in [9.17, 15) is 0 Å². The second-order valence-electron chi connectivity index (χ2n) is 6.19. The third-order valence-electron chi connectivity index (χ3n) is 3.98. The molecule has 0 atom stereocenters. The van der Waals surface area contributed by atoms with E-state index in [0.29, 0.717) is 5.89 Å². The first-order valence-electron chi connectivity index (χ1n) is 7.70. The number of nitrogens with zero attached hydrogens (tertiary/aromatic N) is 2. The highest BCUT2D eigenvalue weighted by Gasteiger charge is 2.29. The molecule has 0 radical (unpaired) electrons. The van der Waals surface area contributed by atoms with Gasteiger partial charge in [-0.2, -0.15) is 5.26 Å². The summed E-state index contributed by atoms with van der Waals surface area (Å²) >= 11 is 1.52. The highest BCUT2D eigenvalue weighted by Crippen LogP contribution is 2.35. The van der Waals surface area contributed by atoms with Gasteiger partial charge in [-0.15, -0.1) is 0 Å². The van der Waals surface area contributed by atoms with Crippen LogP contribution in [0.1, 0.15) is 30.9 Å². The molecule has 0 fully saturated rings. The number of aromatic nitrogens is 1. The van der Waals surface area contributed by atoms with Gasteiger partial charge in [0.15, 0.2) is 5.58 Å². The van der Waals surface area contributed by atoms with Crippen molar-refractivity contribution in [3.05, 3.63) is 71.0 Å². The van der Waals surface area contributed by atoms with E-state index in [-0.39, 0.29) is 5.41 Å². The first-order chi connectivity index (χ1) is 11.5. The number of nitriles is 1. The number of aryl methyl sites for hydroxylation is 1. The van der Waals surface area contributed by atoms with E-state index in [1.807, 2.05) is 43.3 Å². The van der Waals surface area contributed by atoms with Crippen molar-refractivity contribution < 1.29 is 4.42 Å². The lowest BCUT2D eigenvalue weighted by molar-refractivity contribution is 0.433. The molecular formula is C20H18N2OS. The van der Waals surface area contributed by atoms with Crippen LogP contribution < -0.4 is 0 Å². The van der Waals surface area contributed by atoms with E-state index in [1.165, 1.54) is 23.4 Å². The molecule has 0 saturated carbocycles. The van der Waals surface area contributed by atoms with E-state index in [0.717, 1.165) is 21.6 Å². The molecule has 120 valence electrons. The molecule has 0 unspecified atom stereocenters. The molecule has 0 N–H and O–H groups in total. The number of rotatable bonds is 4. The van der Waals surface area contributed by atoms with E-state index in [1.54, 1.807) is 5.41 Å². The van der Waals surface area contributed by atoms with Crippen LogP contribution in [-0.2, 0) is 5.41 Å². The van der Waals surface area contributed by atoms with Crippen molar-refractivity contribution in [1.29, 1.82) is 5.26 Å². The number of hydrogen-bond donors (Lipinski definition) is 0. The Morgan fingerprint density at radius 1 is 1.21 bits per heavy atom. The number of allylic oxidation sites excluding steroid dienone is 1. The van der Waals surface area contributed by atoms with Crippen molar-refractivity contribution in [2.24, 2.45) is 0 Å². The Morgan fingerprint density at radius 3 is 2.83 bits per heavy atom. The Labute approximate surface area is 146 Å². The average Bonchev–Trinajstić information content (AvgIpc) is 2.99. The molecule has 1 heterocycles. The van der Waals surface area contributed by atoms with Crippen molar-refractivity contribution >= 4 is 22.9 Å². The molecule has 3 nitrogen and oxygen atoms in total. The van der Waals surface area contributed by atoms with Crippen LogP contribution in [0.5, 0.6) is 0 Å². The van der Waals surface area contributed by atoms with Crippen molar-refractivity contribution in [3.8, 4) is 6.07 Å². The lowest BCUT2D eigenvalue weighted by Gasteiger charge is -2.21. The van der Waals surface area contributed by atoms with Gasteiger partial charge in [-0.1, -0.05) is 30.0 Å². The van der Waals surface area contributed by atoms with Gasteiger partial charge < -0.3 is 4.42 Å². The Morgan fingerprint density at radius 2 is 2.04 bits per heavy atom. The smallest absolute Gasteiger partial charge is 0.205 e. The molecular weight excluding hydrogens is 316 g/mol. The molecule has 0 bridgehead atoms. The molecule has 2 aromatic carbocycles. The molecule has 0 aliphatic rings. The number of oxazole rings is 1. The van der Waals surface area contributed by atoms with Gasteiger partial charge in [0, 0.05) is 11.0 Å². The largest absolute Gasteiger partial charge is 0.440 e. The third-order valence-corrected chi connectivity index (χ3v) is 4.78. The second kappa shape index (κ2) is 6.54. The summed E-state index contributed by atoms with van der Waals surface area (Å²) in [6.07, 6.45) is 1.48. The summed E-state index contributed by atoms with van der Waals surface area (Å²) in [5, 5.41) is 10.4. The van der Waals surface area contributed by atoms with Crippen LogP contribution in [0.2, 0.25) is 0 Å². The quantitative estimate of drug-likeness (QED) is 0.461. The van der Waals surface area contributed by atoms with Crippen molar-refractivity contribution in [1.82, 2.24) is 4.98 Å². The number of hydrogen-bond acceptors (Lipinski definition) is 4. The van der Waals surface area contributed by atoms with E-state index < -0.39 is 0 Å². The van der Waals surface area contributed by atoms with Gasteiger partial charge in [-0.25, -0.2) is 4.98 Å². The van der Waals surface area contributed by atoms with Crippen LogP contribution in [0.25, 0.3) is 11.1 Å². The molecule has 0 spiro atoms. The zero-order valence-electron chi connectivity index (χ0n) is 13.9. The fourth-order valence-corrected chi connectivity index (χ4v) is 3.17. The fourth-order valence-electron chi connectivity index (χ4n) is 2.53. The molecule has 24 heavy (non-hydrogen) atoms. The third kappa shape index (κ3) is 3.22. The Hall–Kier alpha value is -2.51. The number of fused-ring (bicyclic) bond motifs is 1. The van der Waals surface area contributed by atoms with Crippen LogP contribution in [0.15, 0.2) is 63.3 Å². The maximum absolute atomic E-state index is 8.59. The molecule has 4 heteroatoms. The van der Waals surface area contributed by atoms with Crippen LogP contribution in [0.4, 0.5) is 0 Å². The minimum absolute atomic E-state index is 0.345. The first kappa shape index (κ1) is 16.4. The molecule has 0 amide bonds. The van der Waals surface area contributed by atoms with E-state index in [2.05, 4.69) is 26.0 Å². The predicted octanol–water partition coefficient (Wildman–Crippen LogP) is 5.59. The van der Waals surface area contributed by atoms with Crippen LogP contribution in [-0.4, -0.2) is 4.98 Å². The van der Waals surface area contributed by atoms with E-state index in [4.69, 9.17) is 14.7 Å². The number of thioether (sulfide) groups is 1. The summed E-state index contributed by atoms with van der Waals surface area (Å²) < 4.78 is 6.01. The summed E-state index contributed by atoms with van der Waals surface area (Å²) in [4.78, 5) is 5.78. The van der Waals surface area contributed by atoms with Crippen LogP contribution in [0.3, 0.4) is 0 Å². The Balaban J connectivity index is 1.98. The normalized spacial score (nSPS) is 11.9. The van der Waals surface area contributed by atoms with Gasteiger partial charge in [0.2, 0.25) is 5.89 Å². The SMILES string of the molecule is Cc1ccc2oc(C(C)(C)c3cccc(SC=CC#N)c3)nc2c1. The lowest BCUT2D eigenvalue weighted by Crippen LogP contribution is -2.19. The maximum Gasteiger partial charge on any atom is 0.205 e. The van der Waals surface area contributed by atoms with Crippen molar-refractivity contribution in [2.75, 3.05) is 0 Å². The molecule has 3 aromatic rings. The summed E-state index contributed by atoms with van der Waals surface area (Å²) in [6, 6.07) is 16.3. The van der Waals surface area contributed by atoms with E-state index >= 15 is 0 Å². The zero-order chi connectivity index (χ0) is 17.2. The topological polar surface area (TPSA) is 49.8 Å². The first-order valence-corrected chi connectivity index (χ1v) is 8.58. The van der Waals surface area contributed by atoms with Gasteiger partial charge in [0.1, 0.15) is 5.52 Å². The molecule has 0 saturated heterocycles. The molecule has 0 aliphatic heterocycles. The van der Waals surface area contributed by atoms with Crippen LogP contribution >= 0.6 is 11.8 Å². The monoisotopic (exact) mass is 334 g/mol. The maximum atomic E-state index is 8.59. The van der Waals surface area contributed by atoms with Crippen molar-refractivity contribution in [2.45, 2.75) is 31.1 Å². The molecule has 0 aliphatic carbocycles. The van der Waals surface area contributed by atoms with Crippen LogP contribution in [0, 0.1) is 18.3 Å². The van der Waals surface area contributed by atoms with Gasteiger partial charge in [0.25, 0.3) is 0 Å². The highest BCUT2D eigenvalue weighted by atomic mass is 32.2. The molecule has 1 aromatic heterocycles. The standard InChI is InChI=1S/C20H18N2OS/c1-14-8-9-18-17(12-14)22-19(23-18)20(2,3)15-6-4-7-16(13-15)24-11-5-10-21/h4-9,11-13H,1-3H3. The van der Waals surface area contributed by atoms with Gasteiger partial charge in [-0.3, -0.25) is 0 Å². The van der Waals surface area contributed by atoms with Gasteiger partial charge in [-0.05, 0) is 61.6 Å². The average molecular weight is 334 g/mol. The minimum Gasteiger partial charge on any atom is -0.440 e. The number of benzene rings is 2.